The van der Waals surface area contributed by atoms with Crippen molar-refractivity contribution >= 4 is 11.7 Å². The molecule has 0 aromatic carbocycles. The second kappa shape index (κ2) is 7.03. The first-order valence-electron chi connectivity index (χ1n) is 8.46. The van der Waals surface area contributed by atoms with Gasteiger partial charge in [-0.3, -0.25) is 4.79 Å². The smallest absolute Gasteiger partial charge is 0.242 e. The van der Waals surface area contributed by atoms with Crippen molar-refractivity contribution in [1.82, 2.24) is 19.4 Å². The lowest BCUT2D eigenvalue weighted by Gasteiger charge is -2.38. The molecule has 6 heteroatoms. The van der Waals surface area contributed by atoms with E-state index in [-0.39, 0.29) is 11.9 Å². The van der Waals surface area contributed by atoms with Gasteiger partial charge in [-0.1, -0.05) is 6.07 Å². The van der Waals surface area contributed by atoms with Gasteiger partial charge in [0.1, 0.15) is 18.2 Å². The van der Waals surface area contributed by atoms with Crippen LogP contribution in [0.3, 0.4) is 0 Å². The monoisotopic (exact) mass is 327 g/mol. The maximum Gasteiger partial charge on any atom is 0.242 e. The summed E-state index contributed by atoms with van der Waals surface area (Å²) in [6, 6.07) is 6.32. The van der Waals surface area contributed by atoms with Gasteiger partial charge in [-0.05, 0) is 38.8 Å². The predicted octanol–water partition coefficient (Wildman–Crippen LogP) is 2.02. The number of carbonyl (C=O) groups excluding carboxylic acids is 1. The third-order valence-electron chi connectivity index (χ3n) is 4.76. The zero-order chi connectivity index (χ0) is 17.1. The number of aryl methyl sites for hydroxylation is 2. The van der Waals surface area contributed by atoms with E-state index in [1.165, 1.54) is 0 Å². The average molecular weight is 327 g/mol. The number of pyridine rings is 1. The van der Waals surface area contributed by atoms with E-state index in [4.69, 9.17) is 0 Å². The van der Waals surface area contributed by atoms with Gasteiger partial charge in [-0.25, -0.2) is 9.97 Å². The topological polar surface area (TPSA) is 54.3 Å². The molecule has 3 heterocycles. The largest absolute Gasteiger partial charge is 0.355 e. The molecule has 1 aliphatic rings. The molecule has 1 atom stereocenters. The zero-order valence-corrected chi connectivity index (χ0v) is 14.6. The van der Waals surface area contributed by atoms with Gasteiger partial charge < -0.3 is 14.4 Å². The van der Waals surface area contributed by atoms with E-state index < -0.39 is 0 Å². The molecule has 6 nitrogen and oxygen atoms in total. The first-order chi connectivity index (χ1) is 11.5. The van der Waals surface area contributed by atoms with Crippen LogP contribution >= 0.6 is 0 Å². The molecule has 0 bridgehead atoms. The number of carbonyl (C=O) groups is 1. The Hall–Kier alpha value is -2.37. The van der Waals surface area contributed by atoms with E-state index in [1.807, 2.05) is 54.8 Å². The van der Waals surface area contributed by atoms with Crippen LogP contribution in [0.15, 0.2) is 30.6 Å². The van der Waals surface area contributed by atoms with Crippen LogP contribution in [0.5, 0.6) is 0 Å². The minimum absolute atomic E-state index is 0.125. The van der Waals surface area contributed by atoms with Crippen LogP contribution in [0, 0.1) is 13.8 Å². The van der Waals surface area contributed by atoms with E-state index in [2.05, 4.69) is 14.9 Å². The Labute approximate surface area is 143 Å². The lowest BCUT2D eigenvalue weighted by molar-refractivity contribution is -0.132. The molecule has 0 saturated carbocycles. The van der Waals surface area contributed by atoms with Gasteiger partial charge in [-0.2, -0.15) is 0 Å². The third kappa shape index (κ3) is 3.58. The van der Waals surface area contributed by atoms with Gasteiger partial charge >= 0.3 is 0 Å². The van der Waals surface area contributed by atoms with Gasteiger partial charge in [0.05, 0.1) is 0 Å². The Morgan fingerprint density at radius 1 is 1.38 bits per heavy atom. The highest BCUT2D eigenvalue weighted by atomic mass is 16.2. The second-order valence-electron chi connectivity index (χ2n) is 6.49. The molecule has 3 rings (SSSR count). The second-order valence-corrected chi connectivity index (χ2v) is 6.49. The highest BCUT2D eigenvalue weighted by Gasteiger charge is 2.27. The van der Waals surface area contributed by atoms with Gasteiger partial charge in [0.25, 0.3) is 0 Å². The molecule has 2 aromatic rings. The number of imidazole rings is 1. The van der Waals surface area contributed by atoms with Crippen molar-refractivity contribution < 1.29 is 4.79 Å². The summed E-state index contributed by atoms with van der Waals surface area (Å²) < 4.78 is 1.89. The summed E-state index contributed by atoms with van der Waals surface area (Å²) in [6.45, 7) is 6.10. The normalized spacial score (nSPS) is 17.8. The summed E-state index contributed by atoms with van der Waals surface area (Å²) in [4.78, 5) is 25.6. The van der Waals surface area contributed by atoms with Crippen LogP contribution in [-0.2, 0) is 11.3 Å². The third-order valence-corrected chi connectivity index (χ3v) is 4.76. The average Bonchev–Trinajstić information content (AvgIpc) is 2.99. The van der Waals surface area contributed by atoms with E-state index >= 15 is 0 Å². The molecule has 1 unspecified atom stereocenters. The van der Waals surface area contributed by atoms with Crippen LogP contribution in [-0.4, -0.2) is 51.5 Å². The molecule has 2 aromatic heterocycles. The van der Waals surface area contributed by atoms with Crippen molar-refractivity contribution in [3.63, 3.8) is 0 Å². The van der Waals surface area contributed by atoms with Crippen LogP contribution in [0.1, 0.15) is 24.4 Å². The number of amides is 1. The number of nitrogens with zero attached hydrogens (tertiary/aromatic N) is 5. The van der Waals surface area contributed by atoms with Crippen LogP contribution in [0.2, 0.25) is 0 Å². The van der Waals surface area contributed by atoms with Crippen molar-refractivity contribution in [3.8, 4) is 0 Å². The summed E-state index contributed by atoms with van der Waals surface area (Å²) in [5.74, 6) is 2.00. The molecule has 1 saturated heterocycles. The number of likely N-dealkylation sites (N-methyl/N-ethyl adjacent to an activating group) is 1. The summed E-state index contributed by atoms with van der Waals surface area (Å²) in [7, 11) is 1.91. The van der Waals surface area contributed by atoms with E-state index in [9.17, 15) is 4.79 Å². The van der Waals surface area contributed by atoms with E-state index in [1.54, 1.807) is 6.20 Å². The number of hydrogen-bond acceptors (Lipinski definition) is 4. The lowest BCUT2D eigenvalue weighted by atomic mass is 10.0. The van der Waals surface area contributed by atoms with E-state index in [0.29, 0.717) is 6.54 Å². The van der Waals surface area contributed by atoms with Crippen molar-refractivity contribution in [2.45, 2.75) is 39.3 Å². The highest BCUT2D eigenvalue weighted by molar-refractivity contribution is 5.76. The van der Waals surface area contributed by atoms with Crippen molar-refractivity contribution in [1.29, 1.82) is 0 Å². The molecule has 0 N–H and O–H groups in total. The Kier molecular flexibility index (Phi) is 4.83. The first kappa shape index (κ1) is 16.5. The lowest BCUT2D eigenvalue weighted by Crippen LogP contribution is -2.49. The van der Waals surface area contributed by atoms with Gasteiger partial charge in [0.2, 0.25) is 5.91 Å². The van der Waals surface area contributed by atoms with Crippen LogP contribution < -0.4 is 4.90 Å². The van der Waals surface area contributed by atoms with Crippen LogP contribution in [0.4, 0.5) is 5.82 Å². The number of rotatable bonds is 4. The molecular formula is C18H25N5O. The Balaban J connectivity index is 1.65. The minimum Gasteiger partial charge on any atom is -0.355 e. The first-order valence-corrected chi connectivity index (χ1v) is 8.46. The quantitative estimate of drug-likeness (QED) is 0.862. The molecule has 128 valence electrons. The maximum absolute atomic E-state index is 12.6. The number of aromatic nitrogens is 3. The summed E-state index contributed by atoms with van der Waals surface area (Å²) >= 11 is 0. The van der Waals surface area contributed by atoms with Crippen molar-refractivity contribution in [2.75, 3.05) is 25.0 Å². The Bertz CT molecular complexity index is 711. The van der Waals surface area contributed by atoms with Crippen LogP contribution in [0.25, 0.3) is 0 Å². The maximum atomic E-state index is 12.6. The molecular weight excluding hydrogens is 302 g/mol. The Morgan fingerprint density at radius 2 is 2.21 bits per heavy atom. The standard InChI is InChI=1S/C18H25N5O/c1-14-6-4-8-17(20-14)23-10-5-7-16(12-23)21(3)18(24)13-22-11-9-19-15(22)2/h4,6,8-9,11,16H,5,7,10,12-13H2,1-3H3. The van der Waals surface area contributed by atoms with E-state index in [0.717, 1.165) is 43.3 Å². The fourth-order valence-electron chi connectivity index (χ4n) is 3.22. The summed E-state index contributed by atoms with van der Waals surface area (Å²) in [5.41, 5.74) is 1.02. The van der Waals surface area contributed by atoms with Crippen molar-refractivity contribution in [3.05, 3.63) is 42.1 Å². The fraction of sp³-hybridized carbons (Fsp3) is 0.500. The Morgan fingerprint density at radius 3 is 2.92 bits per heavy atom. The molecule has 1 amide bonds. The highest BCUT2D eigenvalue weighted by Crippen LogP contribution is 2.21. The molecule has 0 radical (unpaired) electrons. The molecule has 1 aliphatic heterocycles. The molecule has 0 spiro atoms. The molecule has 1 fully saturated rings. The van der Waals surface area contributed by atoms with Crippen molar-refractivity contribution in [2.24, 2.45) is 0 Å². The van der Waals surface area contributed by atoms with Gasteiger partial charge in [-0.15, -0.1) is 0 Å². The number of anilines is 1. The van der Waals surface area contributed by atoms with Gasteiger partial charge in [0, 0.05) is 44.3 Å². The summed E-state index contributed by atoms with van der Waals surface area (Å²) in [5, 5.41) is 0. The predicted molar refractivity (Wildman–Crippen MR) is 93.9 cm³/mol. The number of piperidine rings is 1. The SMILES string of the molecule is Cc1cccc(N2CCCC(N(C)C(=O)Cn3ccnc3C)C2)n1. The minimum atomic E-state index is 0.125. The number of hydrogen-bond donors (Lipinski definition) is 0. The zero-order valence-electron chi connectivity index (χ0n) is 14.6. The summed E-state index contributed by atoms with van der Waals surface area (Å²) in [6.07, 6.45) is 5.69. The van der Waals surface area contributed by atoms with Gasteiger partial charge in [0.15, 0.2) is 0 Å². The fourth-order valence-corrected chi connectivity index (χ4v) is 3.22. The molecule has 24 heavy (non-hydrogen) atoms. The molecule has 0 aliphatic carbocycles.